The molecule has 9 nitrogen and oxygen atoms in total. The number of carbonyl (C=O) groups excluding carboxylic acids is 2. The van der Waals surface area contributed by atoms with Crippen LogP contribution in [-0.4, -0.2) is 67.8 Å². The number of fused-ring (bicyclic) bond motifs is 1. The number of carbonyl (C=O) groups is 3. The zero-order valence-corrected chi connectivity index (χ0v) is 25.4. The Morgan fingerprint density at radius 1 is 1.05 bits per heavy atom. The van der Waals surface area contributed by atoms with Crippen LogP contribution < -0.4 is 15.0 Å². The van der Waals surface area contributed by atoms with Crippen LogP contribution in [0.1, 0.15) is 41.5 Å². The molecule has 0 fully saturated rings. The van der Waals surface area contributed by atoms with Gasteiger partial charge in [-0.1, -0.05) is 42.5 Å². The minimum absolute atomic E-state index is 0.00223. The second kappa shape index (κ2) is 14.7. The molecule has 0 aliphatic carbocycles. The summed E-state index contributed by atoms with van der Waals surface area (Å²) in [5.41, 5.74) is 7.14. The van der Waals surface area contributed by atoms with E-state index in [0.717, 1.165) is 52.1 Å². The smallest absolute Gasteiger partial charge is 0.408 e. The van der Waals surface area contributed by atoms with Gasteiger partial charge in [0.1, 0.15) is 18.4 Å². The maximum absolute atomic E-state index is 13.3. The van der Waals surface area contributed by atoms with Crippen molar-refractivity contribution in [2.24, 2.45) is 0 Å². The molecule has 0 radical (unpaired) electrons. The fourth-order valence-corrected chi connectivity index (χ4v) is 5.29. The van der Waals surface area contributed by atoms with Gasteiger partial charge in [-0.3, -0.25) is 4.79 Å². The van der Waals surface area contributed by atoms with Crippen molar-refractivity contribution < 1.29 is 29.0 Å². The molecule has 9 heteroatoms. The number of benzene rings is 3. The van der Waals surface area contributed by atoms with Gasteiger partial charge in [0.25, 0.3) is 0 Å². The summed E-state index contributed by atoms with van der Waals surface area (Å²) in [4.78, 5) is 40.6. The van der Waals surface area contributed by atoms with Gasteiger partial charge in [0.05, 0.1) is 6.61 Å². The van der Waals surface area contributed by atoms with Gasteiger partial charge in [-0.15, -0.1) is 0 Å². The van der Waals surface area contributed by atoms with Crippen molar-refractivity contribution in [2.45, 2.75) is 52.2 Å². The maximum atomic E-state index is 13.3. The first-order valence-corrected chi connectivity index (χ1v) is 14.7. The normalized spacial score (nSPS) is 13.3. The van der Waals surface area contributed by atoms with Crippen LogP contribution >= 0.6 is 0 Å². The summed E-state index contributed by atoms with van der Waals surface area (Å²) in [6, 6.07) is 18.7. The van der Waals surface area contributed by atoms with Crippen LogP contribution in [0.2, 0.25) is 0 Å². The molecular weight excluding hydrogens is 546 g/mol. The number of nitrogens with zero attached hydrogens (tertiary/aromatic N) is 2. The van der Waals surface area contributed by atoms with Gasteiger partial charge in [-0.2, -0.15) is 0 Å². The van der Waals surface area contributed by atoms with E-state index in [-0.39, 0.29) is 19.1 Å². The van der Waals surface area contributed by atoms with E-state index in [1.165, 1.54) is 5.56 Å². The topological polar surface area (TPSA) is 108 Å². The standard InChI is InChI=1S/C34H41N3O6/c1-23-10-5-16-31(24(23)2)42-19-9-17-32(38)37-18-8-14-28-27(13-7-15-30(28)37)26-12-6-11-25(20-26)22-43-34(41)35-29(33(39)40)21-36(3)4/h5-7,10-13,15-16,20,29H,8-9,14,17-19,21-22H2,1-4H3,(H,35,41)(H,39,40). The largest absolute Gasteiger partial charge is 0.493 e. The Balaban J connectivity index is 1.39. The number of likely N-dealkylation sites (N-methyl/N-ethyl adjacent to an activating group) is 1. The minimum Gasteiger partial charge on any atom is -0.493 e. The second-order valence-corrected chi connectivity index (χ2v) is 11.2. The lowest BCUT2D eigenvalue weighted by Crippen LogP contribution is -2.47. The Labute approximate surface area is 253 Å². The maximum Gasteiger partial charge on any atom is 0.408 e. The highest BCUT2D eigenvalue weighted by molar-refractivity contribution is 5.96. The molecule has 0 bridgehead atoms. The molecule has 1 aliphatic rings. The van der Waals surface area contributed by atoms with E-state index < -0.39 is 18.1 Å². The van der Waals surface area contributed by atoms with Gasteiger partial charge in [0.15, 0.2) is 0 Å². The number of nitrogens with one attached hydrogen (secondary N) is 1. The third-order valence-electron chi connectivity index (χ3n) is 7.64. The van der Waals surface area contributed by atoms with Crippen molar-refractivity contribution in [3.63, 3.8) is 0 Å². The molecule has 228 valence electrons. The molecule has 1 atom stereocenters. The van der Waals surface area contributed by atoms with Crippen LogP contribution in [0.3, 0.4) is 0 Å². The van der Waals surface area contributed by atoms with Gasteiger partial charge in [0, 0.05) is 25.2 Å². The molecule has 2 N–H and O–H groups in total. The fourth-order valence-electron chi connectivity index (χ4n) is 5.29. The van der Waals surface area contributed by atoms with Gasteiger partial charge in [-0.25, -0.2) is 9.59 Å². The zero-order chi connectivity index (χ0) is 30.9. The lowest BCUT2D eigenvalue weighted by molar-refractivity contribution is -0.139. The first-order valence-electron chi connectivity index (χ1n) is 14.7. The predicted octanol–water partition coefficient (Wildman–Crippen LogP) is 5.35. The van der Waals surface area contributed by atoms with E-state index in [1.807, 2.05) is 60.4 Å². The quantitative estimate of drug-likeness (QED) is 0.275. The SMILES string of the molecule is Cc1cccc(OCCCC(=O)N2CCCc3c(-c4cccc(COC(=O)NC(CN(C)C)C(=O)O)c4)cccc32)c1C. The summed E-state index contributed by atoms with van der Waals surface area (Å²) >= 11 is 0. The summed E-state index contributed by atoms with van der Waals surface area (Å²) in [5.74, 6) is -0.174. The van der Waals surface area contributed by atoms with E-state index in [9.17, 15) is 19.5 Å². The molecule has 0 spiro atoms. The molecular formula is C34H41N3O6. The Hall–Kier alpha value is -4.37. The van der Waals surface area contributed by atoms with E-state index in [1.54, 1.807) is 19.0 Å². The first-order chi connectivity index (χ1) is 20.6. The molecule has 2 amide bonds. The van der Waals surface area contributed by atoms with Gasteiger partial charge in [0.2, 0.25) is 5.91 Å². The van der Waals surface area contributed by atoms with Gasteiger partial charge >= 0.3 is 12.1 Å². The molecule has 3 aromatic rings. The minimum atomic E-state index is -1.13. The summed E-state index contributed by atoms with van der Waals surface area (Å²) < 4.78 is 11.3. The number of rotatable bonds is 12. The molecule has 0 saturated carbocycles. The number of anilines is 1. The number of alkyl carbamates (subject to hydrolysis) is 1. The highest BCUT2D eigenvalue weighted by Gasteiger charge is 2.25. The van der Waals surface area contributed by atoms with Crippen molar-refractivity contribution in [1.82, 2.24) is 10.2 Å². The molecule has 3 aromatic carbocycles. The number of ether oxygens (including phenoxy) is 2. The zero-order valence-electron chi connectivity index (χ0n) is 25.4. The van der Waals surface area contributed by atoms with E-state index >= 15 is 0 Å². The van der Waals surface area contributed by atoms with Crippen molar-refractivity contribution >= 4 is 23.7 Å². The molecule has 43 heavy (non-hydrogen) atoms. The molecule has 4 rings (SSSR count). The molecule has 0 saturated heterocycles. The average molecular weight is 588 g/mol. The van der Waals surface area contributed by atoms with E-state index in [0.29, 0.717) is 26.0 Å². The number of aryl methyl sites for hydroxylation is 1. The number of hydrogen-bond donors (Lipinski definition) is 2. The summed E-state index contributed by atoms with van der Waals surface area (Å²) in [6.45, 7) is 5.42. The van der Waals surface area contributed by atoms with E-state index in [2.05, 4.69) is 24.4 Å². The fraction of sp³-hybridized carbons (Fsp3) is 0.382. The summed E-state index contributed by atoms with van der Waals surface area (Å²) in [7, 11) is 3.46. The lowest BCUT2D eigenvalue weighted by atomic mass is 9.91. The summed E-state index contributed by atoms with van der Waals surface area (Å²) in [6.07, 6.45) is 1.98. The number of aliphatic carboxylic acids is 1. The van der Waals surface area contributed by atoms with Crippen LogP contribution in [-0.2, 0) is 27.4 Å². The monoisotopic (exact) mass is 587 g/mol. The summed E-state index contributed by atoms with van der Waals surface area (Å²) in [5, 5.41) is 11.8. The third kappa shape index (κ3) is 8.35. The van der Waals surface area contributed by atoms with Crippen molar-refractivity contribution in [3.8, 4) is 16.9 Å². The molecule has 0 aromatic heterocycles. The molecule has 1 unspecified atom stereocenters. The van der Waals surface area contributed by atoms with Crippen LogP contribution in [0.5, 0.6) is 5.75 Å². The first kappa shape index (κ1) is 31.6. The molecule has 1 aliphatic heterocycles. The van der Waals surface area contributed by atoms with Crippen LogP contribution in [0, 0.1) is 13.8 Å². The van der Waals surface area contributed by atoms with Crippen LogP contribution in [0.4, 0.5) is 10.5 Å². The predicted molar refractivity (Wildman–Crippen MR) is 166 cm³/mol. The number of amides is 2. The Morgan fingerprint density at radius 2 is 1.81 bits per heavy atom. The van der Waals surface area contributed by atoms with Crippen molar-refractivity contribution in [2.75, 3.05) is 38.7 Å². The van der Waals surface area contributed by atoms with Crippen molar-refractivity contribution in [3.05, 3.63) is 82.9 Å². The highest BCUT2D eigenvalue weighted by Crippen LogP contribution is 2.36. The third-order valence-corrected chi connectivity index (χ3v) is 7.64. The number of hydrogen-bond acceptors (Lipinski definition) is 6. The van der Waals surface area contributed by atoms with Crippen molar-refractivity contribution in [1.29, 1.82) is 0 Å². The van der Waals surface area contributed by atoms with Gasteiger partial charge < -0.3 is 29.7 Å². The average Bonchev–Trinajstić information content (AvgIpc) is 2.99. The van der Waals surface area contributed by atoms with Crippen LogP contribution in [0.15, 0.2) is 60.7 Å². The Morgan fingerprint density at radius 3 is 2.58 bits per heavy atom. The lowest BCUT2D eigenvalue weighted by Gasteiger charge is -2.31. The van der Waals surface area contributed by atoms with E-state index in [4.69, 9.17) is 9.47 Å². The Bertz CT molecular complexity index is 1450. The van der Waals surface area contributed by atoms with Gasteiger partial charge in [-0.05, 0) is 98.8 Å². The second-order valence-electron chi connectivity index (χ2n) is 11.2. The molecule has 1 heterocycles. The number of carboxylic acid groups (broad SMARTS) is 1. The number of carboxylic acids is 1. The van der Waals surface area contributed by atoms with Crippen LogP contribution in [0.25, 0.3) is 11.1 Å². The highest BCUT2D eigenvalue weighted by atomic mass is 16.5. The Kier molecular flexibility index (Phi) is 10.8.